The van der Waals surface area contributed by atoms with Crippen molar-refractivity contribution >= 4 is 17.7 Å². The SMILES string of the molecule is CCCCN(CC)C(=O)Nc1cccc(F)c1C(=O)O. The molecule has 0 unspecified atom stereocenters. The van der Waals surface area contributed by atoms with Gasteiger partial charge in [0.25, 0.3) is 0 Å². The summed E-state index contributed by atoms with van der Waals surface area (Å²) in [5, 5.41) is 11.5. The van der Waals surface area contributed by atoms with Gasteiger partial charge < -0.3 is 15.3 Å². The van der Waals surface area contributed by atoms with Crippen LogP contribution >= 0.6 is 0 Å². The number of carboxylic acids is 1. The van der Waals surface area contributed by atoms with E-state index >= 15 is 0 Å². The Bertz CT molecular complexity index is 491. The second kappa shape index (κ2) is 7.47. The Kier molecular flexibility index (Phi) is 5.96. The lowest BCUT2D eigenvalue weighted by Gasteiger charge is -2.21. The largest absolute Gasteiger partial charge is 0.478 e. The van der Waals surface area contributed by atoms with Crippen molar-refractivity contribution in [2.24, 2.45) is 0 Å². The molecule has 0 aliphatic carbocycles. The van der Waals surface area contributed by atoms with Crippen molar-refractivity contribution in [2.75, 3.05) is 18.4 Å². The highest BCUT2D eigenvalue weighted by Crippen LogP contribution is 2.19. The maximum Gasteiger partial charge on any atom is 0.340 e. The van der Waals surface area contributed by atoms with Crippen LogP contribution in [0.4, 0.5) is 14.9 Å². The molecular formula is C14H19FN2O3. The van der Waals surface area contributed by atoms with Gasteiger partial charge >= 0.3 is 12.0 Å². The van der Waals surface area contributed by atoms with E-state index in [-0.39, 0.29) is 5.69 Å². The highest BCUT2D eigenvalue weighted by atomic mass is 19.1. The minimum Gasteiger partial charge on any atom is -0.478 e. The van der Waals surface area contributed by atoms with Gasteiger partial charge in [0.2, 0.25) is 0 Å². The zero-order valence-electron chi connectivity index (χ0n) is 11.6. The van der Waals surface area contributed by atoms with E-state index in [2.05, 4.69) is 5.32 Å². The normalized spacial score (nSPS) is 10.2. The minimum atomic E-state index is -1.41. The number of hydrogen-bond acceptors (Lipinski definition) is 2. The van der Waals surface area contributed by atoms with E-state index in [0.717, 1.165) is 18.9 Å². The molecular weight excluding hydrogens is 263 g/mol. The average Bonchev–Trinajstić information content (AvgIpc) is 2.39. The Morgan fingerprint density at radius 2 is 2.05 bits per heavy atom. The number of aromatic carboxylic acids is 1. The Labute approximate surface area is 117 Å². The van der Waals surface area contributed by atoms with Gasteiger partial charge in [-0.15, -0.1) is 0 Å². The molecule has 110 valence electrons. The van der Waals surface area contributed by atoms with E-state index < -0.39 is 23.4 Å². The predicted molar refractivity (Wildman–Crippen MR) is 74.5 cm³/mol. The molecule has 5 nitrogen and oxygen atoms in total. The fourth-order valence-corrected chi connectivity index (χ4v) is 1.79. The molecule has 0 spiro atoms. The molecule has 0 bridgehead atoms. The molecule has 0 atom stereocenters. The predicted octanol–water partition coefficient (Wildman–Crippen LogP) is 3.18. The van der Waals surface area contributed by atoms with Crippen molar-refractivity contribution in [3.8, 4) is 0 Å². The number of nitrogens with zero attached hydrogens (tertiary/aromatic N) is 1. The van der Waals surface area contributed by atoms with Crippen LogP contribution in [0.1, 0.15) is 37.0 Å². The molecule has 1 rings (SSSR count). The first-order valence-electron chi connectivity index (χ1n) is 6.59. The van der Waals surface area contributed by atoms with E-state index in [1.54, 1.807) is 4.90 Å². The van der Waals surface area contributed by atoms with Crippen LogP contribution in [0, 0.1) is 5.82 Å². The second-order valence-electron chi connectivity index (χ2n) is 4.33. The number of halogens is 1. The fourth-order valence-electron chi connectivity index (χ4n) is 1.79. The van der Waals surface area contributed by atoms with E-state index in [4.69, 9.17) is 5.11 Å². The Morgan fingerprint density at radius 3 is 2.60 bits per heavy atom. The molecule has 0 radical (unpaired) electrons. The minimum absolute atomic E-state index is 0.0301. The zero-order valence-corrected chi connectivity index (χ0v) is 11.6. The van der Waals surface area contributed by atoms with Crippen molar-refractivity contribution in [1.82, 2.24) is 4.90 Å². The van der Waals surface area contributed by atoms with Crippen LogP contribution in [0.25, 0.3) is 0 Å². The topological polar surface area (TPSA) is 69.6 Å². The molecule has 1 aromatic rings. The summed E-state index contributed by atoms with van der Waals surface area (Å²) in [4.78, 5) is 24.6. The zero-order chi connectivity index (χ0) is 15.1. The molecule has 6 heteroatoms. The molecule has 1 aromatic carbocycles. The number of hydrogen-bond donors (Lipinski definition) is 2. The Hall–Kier alpha value is -2.11. The van der Waals surface area contributed by atoms with Crippen molar-refractivity contribution < 1.29 is 19.1 Å². The first-order chi connectivity index (χ1) is 9.51. The summed E-state index contributed by atoms with van der Waals surface area (Å²) in [5.74, 6) is -2.28. The van der Waals surface area contributed by atoms with Crippen LogP contribution in [0.2, 0.25) is 0 Å². The average molecular weight is 282 g/mol. The third-order valence-electron chi connectivity index (χ3n) is 2.92. The smallest absolute Gasteiger partial charge is 0.340 e. The lowest BCUT2D eigenvalue weighted by atomic mass is 10.1. The summed E-state index contributed by atoms with van der Waals surface area (Å²) < 4.78 is 13.5. The van der Waals surface area contributed by atoms with Gasteiger partial charge in [0.05, 0.1) is 5.69 Å². The molecule has 2 amide bonds. The Balaban J connectivity index is 2.89. The van der Waals surface area contributed by atoms with Crippen LogP contribution < -0.4 is 5.32 Å². The fraction of sp³-hybridized carbons (Fsp3) is 0.429. The summed E-state index contributed by atoms with van der Waals surface area (Å²) >= 11 is 0. The van der Waals surface area contributed by atoms with Gasteiger partial charge in [-0.25, -0.2) is 14.0 Å². The lowest BCUT2D eigenvalue weighted by molar-refractivity contribution is 0.0693. The van der Waals surface area contributed by atoms with Gasteiger partial charge in [0.15, 0.2) is 0 Å². The van der Waals surface area contributed by atoms with Gasteiger partial charge in [0.1, 0.15) is 11.4 Å². The molecule has 0 aliphatic rings. The number of carbonyl (C=O) groups is 2. The highest BCUT2D eigenvalue weighted by Gasteiger charge is 2.19. The summed E-state index contributed by atoms with van der Waals surface area (Å²) in [7, 11) is 0. The third-order valence-corrected chi connectivity index (χ3v) is 2.92. The molecule has 0 fully saturated rings. The maximum absolute atomic E-state index is 13.5. The number of unbranched alkanes of at least 4 members (excludes halogenated alkanes) is 1. The molecule has 0 aliphatic heterocycles. The van der Waals surface area contributed by atoms with E-state index in [1.807, 2.05) is 13.8 Å². The van der Waals surface area contributed by atoms with E-state index in [0.29, 0.717) is 13.1 Å². The van der Waals surface area contributed by atoms with Crippen molar-refractivity contribution in [3.05, 3.63) is 29.6 Å². The molecule has 0 saturated carbocycles. The quantitative estimate of drug-likeness (QED) is 0.842. The lowest BCUT2D eigenvalue weighted by Crippen LogP contribution is -2.36. The number of urea groups is 1. The molecule has 0 aromatic heterocycles. The molecule has 20 heavy (non-hydrogen) atoms. The highest BCUT2D eigenvalue weighted by molar-refractivity contribution is 6.00. The molecule has 2 N–H and O–H groups in total. The molecule has 0 saturated heterocycles. The first-order valence-corrected chi connectivity index (χ1v) is 6.59. The van der Waals surface area contributed by atoms with Crippen LogP contribution in [0.15, 0.2) is 18.2 Å². The van der Waals surface area contributed by atoms with E-state index in [1.165, 1.54) is 12.1 Å². The summed E-state index contributed by atoms with van der Waals surface area (Å²) in [6.45, 7) is 4.93. The van der Waals surface area contributed by atoms with Crippen LogP contribution in [0.3, 0.4) is 0 Å². The third kappa shape index (κ3) is 3.94. The number of carboxylic acid groups (broad SMARTS) is 1. The van der Waals surface area contributed by atoms with Gasteiger partial charge in [-0.05, 0) is 25.5 Å². The van der Waals surface area contributed by atoms with Gasteiger partial charge in [-0.3, -0.25) is 0 Å². The van der Waals surface area contributed by atoms with Gasteiger partial charge in [-0.1, -0.05) is 19.4 Å². The number of carbonyl (C=O) groups excluding carboxylic acids is 1. The maximum atomic E-state index is 13.5. The first kappa shape index (κ1) is 15.9. The second-order valence-corrected chi connectivity index (χ2v) is 4.33. The van der Waals surface area contributed by atoms with Gasteiger partial charge in [0, 0.05) is 13.1 Å². The van der Waals surface area contributed by atoms with Crippen molar-refractivity contribution in [1.29, 1.82) is 0 Å². The van der Waals surface area contributed by atoms with Crippen molar-refractivity contribution in [3.63, 3.8) is 0 Å². The van der Waals surface area contributed by atoms with Crippen LogP contribution in [0.5, 0.6) is 0 Å². The number of anilines is 1. The van der Waals surface area contributed by atoms with Crippen LogP contribution in [-0.4, -0.2) is 35.1 Å². The number of benzene rings is 1. The van der Waals surface area contributed by atoms with Gasteiger partial charge in [-0.2, -0.15) is 0 Å². The summed E-state index contributed by atoms with van der Waals surface area (Å²) in [6.07, 6.45) is 1.81. The summed E-state index contributed by atoms with van der Waals surface area (Å²) in [5.41, 5.74) is -0.551. The number of nitrogens with one attached hydrogen (secondary N) is 1. The Morgan fingerprint density at radius 1 is 1.35 bits per heavy atom. The summed E-state index contributed by atoms with van der Waals surface area (Å²) in [6, 6.07) is 3.36. The van der Waals surface area contributed by atoms with Crippen LogP contribution in [-0.2, 0) is 0 Å². The van der Waals surface area contributed by atoms with E-state index in [9.17, 15) is 14.0 Å². The number of amides is 2. The van der Waals surface area contributed by atoms with Crippen molar-refractivity contribution in [2.45, 2.75) is 26.7 Å². The standard InChI is InChI=1S/C14H19FN2O3/c1-3-5-9-17(4-2)14(20)16-11-8-6-7-10(15)12(11)13(18)19/h6-8H,3-5,9H2,1-2H3,(H,16,20)(H,18,19). The monoisotopic (exact) mass is 282 g/mol. The molecule has 0 heterocycles. The number of rotatable bonds is 6.